The molecule has 22 heavy (non-hydrogen) atoms. The molecule has 1 fully saturated rings. The van der Waals surface area contributed by atoms with E-state index in [-0.39, 0.29) is 5.75 Å². The molecule has 2 rings (SSSR count). The molecule has 0 amide bonds. The van der Waals surface area contributed by atoms with Crippen LogP contribution in [0.3, 0.4) is 0 Å². The summed E-state index contributed by atoms with van der Waals surface area (Å²) in [5.41, 5.74) is 3.67. The minimum Gasteiger partial charge on any atom is -0.508 e. The third-order valence-electron chi connectivity index (χ3n) is 3.31. The zero-order valence-corrected chi connectivity index (χ0v) is 13.3. The maximum atomic E-state index is 9.18. The maximum absolute atomic E-state index is 9.18. The third kappa shape index (κ3) is 6.38. The van der Waals surface area contributed by atoms with Crippen LogP contribution < -0.4 is 10.7 Å². The van der Waals surface area contributed by atoms with Gasteiger partial charge in [-0.3, -0.25) is 10.3 Å². The standard InChI is InChI=1S/C15H22N4O2S/c20-14-4-2-13(3-5-14)12-17-18-15(22)16-6-1-7-19-8-10-21-11-9-19/h2-5,12,20H,1,6-11H2,(H2,16,18,22)/b17-12+. The van der Waals surface area contributed by atoms with Gasteiger partial charge in [-0.1, -0.05) is 0 Å². The molecule has 0 aliphatic carbocycles. The molecule has 1 aliphatic heterocycles. The SMILES string of the molecule is Oc1ccc(/C=N/NC(=S)NCCCN2CCOCC2)cc1. The molecule has 7 heteroatoms. The zero-order valence-electron chi connectivity index (χ0n) is 12.5. The Kier molecular flexibility index (Phi) is 7.08. The molecule has 0 spiro atoms. The van der Waals surface area contributed by atoms with Crippen molar-refractivity contribution < 1.29 is 9.84 Å². The van der Waals surface area contributed by atoms with Gasteiger partial charge < -0.3 is 15.2 Å². The summed E-state index contributed by atoms with van der Waals surface area (Å²) in [7, 11) is 0. The Hall–Kier alpha value is -1.70. The lowest BCUT2D eigenvalue weighted by molar-refractivity contribution is 0.0376. The van der Waals surface area contributed by atoms with Crippen LogP contribution in [0, 0.1) is 0 Å². The summed E-state index contributed by atoms with van der Waals surface area (Å²) in [6.45, 7) is 5.56. The van der Waals surface area contributed by atoms with Gasteiger partial charge in [-0.25, -0.2) is 0 Å². The molecule has 0 atom stereocenters. The lowest BCUT2D eigenvalue weighted by Crippen LogP contribution is -2.39. The van der Waals surface area contributed by atoms with Crippen LogP contribution in [0.5, 0.6) is 5.75 Å². The van der Waals surface area contributed by atoms with Crippen LogP contribution >= 0.6 is 12.2 Å². The molecule has 0 bridgehead atoms. The number of benzene rings is 1. The molecule has 3 N–H and O–H groups in total. The maximum Gasteiger partial charge on any atom is 0.186 e. The third-order valence-corrected chi connectivity index (χ3v) is 3.55. The highest BCUT2D eigenvalue weighted by Crippen LogP contribution is 2.07. The number of nitrogens with zero attached hydrogens (tertiary/aromatic N) is 2. The van der Waals surface area contributed by atoms with E-state index in [1.165, 1.54) is 0 Å². The summed E-state index contributed by atoms with van der Waals surface area (Å²) in [5, 5.41) is 16.9. The largest absolute Gasteiger partial charge is 0.508 e. The average molecular weight is 322 g/mol. The normalized spacial score (nSPS) is 15.8. The molecule has 1 aromatic rings. The van der Waals surface area contributed by atoms with Gasteiger partial charge in [0.05, 0.1) is 19.4 Å². The van der Waals surface area contributed by atoms with Crippen LogP contribution in [0.4, 0.5) is 0 Å². The second-order valence-corrected chi connectivity index (χ2v) is 5.43. The van der Waals surface area contributed by atoms with Gasteiger partial charge in [-0.15, -0.1) is 0 Å². The van der Waals surface area contributed by atoms with Crippen LogP contribution in [0.1, 0.15) is 12.0 Å². The predicted octanol–water partition coefficient (Wildman–Crippen LogP) is 0.912. The molecular formula is C15H22N4O2S. The van der Waals surface area contributed by atoms with Gasteiger partial charge in [-0.05, 0) is 55.0 Å². The van der Waals surface area contributed by atoms with E-state index in [2.05, 4.69) is 20.7 Å². The number of hydrogen-bond acceptors (Lipinski definition) is 5. The minimum absolute atomic E-state index is 0.238. The van der Waals surface area contributed by atoms with Gasteiger partial charge in [0.1, 0.15) is 5.75 Å². The number of ether oxygens (including phenoxy) is 1. The molecular weight excluding hydrogens is 300 g/mol. The molecule has 0 saturated carbocycles. The fraction of sp³-hybridized carbons (Fsp3) is 0.467. The van der Waals surface area contributed by atoms with Crippen molar-refractivity contribution in [2.75, 3.05) is 39.4 Å². The number of rotatable bonds is 6. The van der Waals surface area contributed by atoms with E-state index in [9.17, 15) is 5.11 Å². The number of nitrogens with one attached hydrogen (secondary N) is 2. The smallest absolute Gasteiger partial charge is 0.186 e. The predicted molar refractivity (Wildman–Crippen MR) is 91.3 cm³/mol. The molecule has 1 saturated heterocycles. The molecule has 0 aromatic heterocycles. The summed E-state index contributed by atoms with van der Waals surface area (Å²) >= 11 is 5.15. The Morgan fingerprint density at radius 1 is 1.32 bits per heavy atom. The van der Waals surface area contributed by atoms with Crippen molar-refractivity contribution in [3.05, 3.63) is 29.8 Å². The minimum atomic E-state index is 0.238. The number of morpholine rings is 1. The van der Waals surface area contributed by atoms with Crippen molar-refractivity contribution in [2.45, 2.75) is 6.42 Å². The molecule has 0 radical (unpaired) electrons. The number of aromatic hydroxyl groups is 1. The number of hydrogen-bond donors (Lipinski definition) is 3. The van der Waals surface area contributed by atoms with Crippen molar-refractivity contribution in [3.63, 3.8) is 0 Å². The first-order valence-electron chi connectivity index (χ1n) is 7.40. The molecule has 1 heterocycles. The molecule has 1 aromatic carbocycles. The Balaban J connectivity index is 1.56. The van der Waals surface area contributed by atoms with Crippen molar-refractivity contribution >= 4 is 23.5 Å². The van der Waals surface area contributed by atoms with E-state index in [4.69, 9.17) is 17.0 Å². The Morgan fingerprint density at radius 2 is 2.05 bits per heavy atom. The van der Waals surface area contributed by atoms with Crippen molar-refractivity contribution in [1.82, 2.24) is 15.6 Å². The molecule has 1 aliphatic rings. The quantitative estimate of drug-likeness (QED) is 0.313. The summed E-state index contributed by atoms with van der Waals surface area (Å²) in [6.07, 6.45) is 2.69. The Morgan fingerprint density at radius 3 is 2.77 bits per heavy atom. The Labute approximate surface area is 136 Å². The fourth-order valence-corrected chi connectivity index (χ4v) is 2.25. The van der Waals surface area contributed by atoms with Crippen molar-refractivity contribution in [1.29, 1.82) is 0 Å². The van der Waals surface area contributed by atoms with Crippen LogP contribution in [-0.4, -0.2) is 60.7 Å². The highest BCUT2D eigenvalue weighted by atomic mass is 32.1. The molecule has 120 valence electrons. The number of thiocarbonyl (C=S) groups is 1. The van der Waals surface area contributed by atoms with E-state index in [1.807, 2.05) is 0 Å². The molecule has 0 unspecified atom stereocenters. The Bertz CT molecular complexity index is 487. The van der Waals surface area contributed by atoms with E-state index in [0.717, 1.165) is 51.4 Å². The van der Waals surface area contributed by atoms with E-state index in [0.29, 0.717) is 5.11 Å². The highest BCUT2D eigenvalue weighted by molar-refractivity contribution is 7.80. The first kappa shape index (κ1) is 16.7. The van der Waals surface area contributed by atoms with E-state index in [1.54, 1.807) is 30.5 Å². The number of phenols is 1. The van der Waals surface area contributed by atoms with Gasteiger partial charge in [-0.2, -0.15) is 5.10 Å². The first-order chi connectivity index (χ1) is 10.7. The van der Waals surface area contributed by atoms with Crippen LogP contribution in [0.15, 0.2) is 29.4 Å². The average Bonchev–Trinajstić information content (AvgIpc) is 2.54. The van der Waals surface area contributed by atoms with E-state index >= 15 is 0 Å². The van der Waals surface area contributed by atoms with E-state index < -0.39 is 0 Å². The van der Waals surface area contributed by atoms with Gasteiger partial charge in [0, 0.05) is 19.6 Å². The summed E-state index contributed by atoms with van der Waals surface area (Å²) in [6, 6.07) is 6.78. The van der Waals surface area contributed by atoms with Crippen LogP contribution in [0.25, 0.3) is 0 Å². The van der Waals surface area contributed by atoms with Crippen LogP contribution in [0.2, 0.25) is 0 Å². The van der Waals surface area contributed by atoms with Crippen LogP contribution in [-0.2, 0) is 4.74 Å². The highest BCUT2D eigenvalue weighted by Gasteiger charge is 2.08. The van der Waals surface area contributed by atoms with Gasteiger partial charge in [0.25, 0.3) is 0 Å². The van der Waals surface area contributed by atoms with Crippen molar-refractivity contribution in [3.8, 4) is 5.75 Å². The van der Waals surface area contributed by atoms with Crippen molar-refractivity contribution in [2.24, 2.45) is 5.10 Å². The van der Waals surface area contributed by atoms with Gasteiger partial charge in [0.15, 0.2) is 5.11 Å². The second kappa shape index (κ2) is 9.34. The van der Waals surface area contributed by atoms with Gasteiger partial charge in [0.2, 0.25) is 0 Å². The number of phenolic OH excluding ortho intramolecular Hbond substituents is 1. The zero-order chi connectivity index (χ0) is 15.6. The lowest BCUT2D eigenvalue weighted by atomic mass is 10.2. The summed E-state index contributed by atoms with van der Waals surface area (Å²) < 4.78 is 5.31. The summed E-state index contributed by atoms with van der Waals surface area (Å²) in [4.78, 5) is 2.39. The summed E-state index contributed by atoms with van der Waals surface area (Å²) in [5.74, 6) is 0.238. The fourth-order valence-electron chi connectivity index (χ4n) is 2.09. The number of hydrazone groups is 1. The topological polar surface area (TPSA) is 69.1 Å². The molecule has 6 nitrogen and oxygen atoms in total. The first-order valence-corrected chi connectivity index (χ1v) is 7.81. The van der Waals surface area contributed by atoms with Gasteiger partial charge >= 0.3 is 0 Å². The monoisotopic (exact) mass is 322 g/mol. The second-order valence-electron chi connectivity index (χ2n) is 5.03. The lowest BCUT2D eigenvalue weighted by Gasteiger charge is -2.26.